The number of rotatable bonds is 12. The minimum Gasteiger partial charge on any atom is -0.383 e. The van der Waals surface area contributed by atoms with E-state index in [-0.39, 0.29) is 5.91 Å². The van der Waals surface area contributed by atoms with E-state index < -0.39 is 5.54 Å². The molecule has 0 bridgehead atoms. The predicted octanol–water partition coefficient (Wildman–Crippen LogP) is 1.37. The number of carbonyl (C=O) groups is 1. The zero-order valence-corrected chi connectivity index (χ0v) is 13.9. The molecular formula is C15H33N3O2. The van der Waals surface area contributed by atoms with Crippen LogP contribution in [0.1, 0.15) is 46.5 Å². The molecule has 0 aliphatic heterocycles. The van der Waals surface area contributed by atoms with Gasteiger partial charge in [-0.1, -0.05) is 6.92 Å². The monoisotopic (exact) mass is 287 g/mol. The summed E-state index contributed by atoms with van der Waals surface area (Å²) in [6.07, 6.45) is 3.97. The van der Waals surface area contributed by atoms with Crippen LogP contribution in [0.25, 0.3) is 0 Å². The average molecular weight is 287 g/mol. The third kappa shape index (κ3) is 6.68. The highest BCUT2D eigenvalue weighted by atomic mass is 16.5. The number of unbranched alkanes of at least 4 members (excludes halogenated alkanes) is 1. The maximum absolute atomic E-state index is 11.4. The second kappa shape index (κ2) is 10.1. The Hall–Kier alpha value is -0.650. The maximum Gasteiger partial charge on any atom is 0.237 e. The Labute approximate surface area is 124 Å². The lowest BCUT2D eigenvalue weighted by Gasteiger charge is -2.29. The number of primary amides is 1. The van der Waals surface area contributed by atoms with Gasteiger partial charge in [0, 0.05) is 19.7 Å². The number of hydrogen-bond donors (Lipinski definition) is 2. The van der Waals surface area contributed by atoms with Crippen LogP contribution >= 0.6 is 0 Å². The molecule has 0 aromatic carbocycles. The van der Waals surface area contributed by atoms with Crippen LogP contribution < -0.4 is 11.1 Å². The molecule has 5 nitrogen and oxygen atoms in total. The van der Waals surface area contributed by atoms with E-state index in [0.29, 0.717) is 6.04 Å². The SMILES string of the molecule is CCC(C)N(CCCCC(C)(NC)C(N)=O)CCOC. The first kappa shape index (κ1) is 19.4. The van der Waals surface area contributed by atoms with Gasteiger partial charge in [-0.2, -0.15) is 0 Å². The number of nitrogens with zero attached hydrogens (tertiary/aromatic N) is 1. The van der Waals surface area contributed by atoms with E-state index in [4.69, 9.17) is 10.5 Å². The molecule has 2 atom stereocenters. The van der Waals surface area contributed by atoms with Crippen LogP contribution in [0.15, 0.2) is 0 Å². The molecule has 0 aromatic heterocycles. The smallest absolute Gasteiger partial charge is 0.237 e. The van der Waals surface area contributed by atoms with E-state index in [2.05, 4.69) is 24.1 Å². The summed E-state index contributed by atoms with van der Waals surface area (Å²) in [5.74, 6) is -0.279. The van der Waals surface area contributed by atoms with Gasteiger partial charge in [-0.05, 0) is 53.1 Å². The Morgan fingerprint density at radius 3 is 2.50 bits per heavy atom. The summed E-state index contributed by atoms with van der Waals surface area (Å²) in [7, 11) is 3.52. The zero-order valence-electron chi connectivity index (χ0n) is 13.9. The Balaban J connectivity index is 4.13. The molecule has 0 fully saturated rings. The van der Waals surface area contributed by atoms with Gasteiger partial charge < -0.3 is 15.8 Å². The molecule has 0 radical (unpaired) electrons. The second-order valence-electron chi connectivity index (χ2n) is 5.69. The van der Waals surface area contributed by atoms with Crippen molar-refractivity contribution in [2.75, 3.05) is 33.9 Å². The second-order valence-corrected chi connectivity index (χ2v) is 5.69. The van der Waals surface area contributed by atoms with Crippen molar-refractivity contribution >= 4 is 5.91 Å². The minimum atomic E-state index is -0.590. The molecule has 1 amide bonds. The van der Waals surface area contributed by atoms with Crippen molar-refractivity contribution in [1.82, 2.24) is 10.2 Å². The minimum absolute atomic E-state index is 0.279. The van der Waals surface area contributed by atoms with Gasteiger partial charge in [0.15, 0.2) is 0 Å². The molecule has 0 spiro atoms. The number of methoxy groups -OCH3 is 1. The molecule has 0 aromatic rings. The largest absolute Gasteiger partial charge is 0.383 e. The Bertz CT molecular complexity index is 274. The number of amides is 1. The molecule has 0 aliphatic carbocycles. The van der Waals surface area contributed by atoms with Crippen molar-refractivity contribution in [3.63, 3.8) is 0 Å². The third-order valence-electron chi connectivity index (χ3n) is 4.26. The number of nitrogens with one attached hydrogen (secondary N) is 1. The summed E-state index contributed by atoms with van der Waals surface area (Å²) >= 11 is 0. The van der Waals surface area contributed by atoms with E-state index >= 15 is 0 Å². The lowest BCUT2D eigenvalue weighted by Crippen LogP contribution is -2.51. The normalized spacial score (nSPS) is 16.1. The van der Waals surface area contributed by atoms with E-state index in [1.165, 1.54) is 0 Å². The summed E-state index contributed by atoms with van der Waals surface area (Å²) in [6, 6.07) is 0.567. The highest BCUT2D eigenvalue weighted by molar-refractivity contribution is 5.84. The van der Waals surface area contributed by atoms with E-state index in [9.17, 15) is 4.79 Å². The molecule has 120 valence electrons. The first-order valence-corrected chi connectivity index (χ1v) is 7.63. The van der Waals surface area contributed by atoms with Crippen LogP contribution in [-0.4, -0.2) is 56.2 Å². The highest BCUT2D eigenvalue weighted by Crippen LogP contribution is 2.14. The van der Waals surface area contributed by atoms with Crippen molar-refractivity contribution in [3.8, 4) is 0 Å². The number of carbonyl (C=O) groups excluding carboxylic acids is 1. The first-order chi connectivity index (χ1) is 9.41. The summed E-state index contributed by atoms with van der Waals surface area (Å²) in [4.78, 5) is 13.9. The van der Waals surface area contributed by atoms with Gasteiger partial charge in [0.1, 0.15) is 0 Å². The summed E-state index contributed by atoms with van der Waals surface area (Å²) in [5.41, 5.74) is 4.84. The Kier molecular flexibility index (Phi) is 9.80. The van der Waals surface area contributed by atoms with Gasteiger partial charge in [0.05, 0.1) is 12.1 Å². The van der Waals surface area contributed by atoms with Crippen LogP contribution in [-0.2, 0) is 9.53 Å². The Morgan fingerprint density at radius 2 is 2.05 bits per heavy atom. The van der Waals surface area contributed by atoms with Crippen molar-refractivity contribution in [1.29, 1.82) is 0 Å². The topological polar surface area (TPSA) is 67.6 Å². The number of likely N-dealkylation sites (N-methyl/N-ethyl adjacent to an activating group) is 1. The fourth-order valence-corrected chi connectivity index (χ4v) is 2.18. The van der Waals surface area contributed by atoms with Crippen molar-refractivity contribution in [2.45, 2.75) is 58.0 Å². The highest BCUT2D eigenvalue weighted by Gasteiger charge is 2.28. The van der Waals surface area contributed by atoms with Gasteiger partial charge in [-0.15, -0.1) is 0 Å². The molecule has 0 heterocycles. The van der Waals surface area contributed by atoms with E-state index in [1.807, 2.05) is 6.92 Å². The van der Waals surface area contributed by atoms with Gasteiger partial charge in [-0.25, -0.2) is 0 Å². The zero-order chi connectivity index (χ0) is 15.6. The molecule has 0 saturated heterocycles. The molecule has 0 saturated carbocycles. The molecule has 20 heavy (non-hydrogen) atoms. The quantitative estimate of drug-likeness (QED) is 0.532. The molecule has 5 heteroatoms. The first-order valence-electron chi connectivity index (χ1n) is 7.63. The summed E-state index contributed by atoms with van der Waals surface area (Å²) < 4.78 is 5.16. The van der Waals surface area contributed by atoms with Crippen LogP contribution in [0.4, 0.5) is 0 Å². The molecular weight excluding hydrogens is 254 g/mol. The number of nitrogens with two attached hydrogens (primary N) is 1. The molecule has 2 unspecified atom stereocenters. The van der Waals surface area contributed by atoms with Crippen molar-refractivity contribution in [3.05, 3.63) is 0 Å². The number of hydrogen-bond acceptors (Lipinski definition) is 4. The van der Waals surface area contributed by atoms with Crippen LogP contribution in [0, 0.1) is 0 Å². The maximum atomic E-state index is 11.4. The van der Waals surface area contributed by atoms with Crippen LogP contribution in [0.3, 0.4) is 0 Å². The lowest BCUT2D eigenvalue weighted by atomic mass is 9.94. The van der Waals surface area contributed by atoms with Gasteiger partial charge in [-0.3, -0.25) is 9.69 Å². The summed E-state index contributed by atoms with van der Waals surface area (Å²) in [6.45, 7) is 9.08. The van der Waals surface area contributed by atoms with Crippen LogP contribution in [0.5, 0.6) is 0 Å². The molecule has 0 aliphatic rings. The average Bonchev–Trinajstić information content (AvgIpc) is 2.45. The van der Waals surface area contributed by atoms with E-state index in [1.54, 1.807) is 14.2 Å². The molecule has 3 N–H and O–H groups in total. The van der Waals surface area contributed by atoms with Crippen molar-refractivity contribution < 1.29 is 9.53 Å². The third-order valence-corrected chi connectivity index (χ3v) is 4.26. The van der Waals surface area contributed by atoms with Crippen molar-refractivity contribution in [2.24, 2.45) is 5.73 Å². The fraction of sp³-hybridized carbons (Fsp3) is 0.933. The van der Waals surface area contributed by atoms with Gasteiger partial charge in [0.2, 0.25) is 5.91 Å². The van der Waals surface area contributed by atoms with E-state index in [0.717, 1.165) is 45.4 Å². The number of ether oxygens (including phenoxy) is 1. The van der Waals surface area contributed by atoms with Crippen LogP contribution in [0.2, 0.25) is 0 Å². The fourth-order valence-electron chi connectivity index (χ4n) is 2.18. The van der Waals surface area contributed by atoms with Gasteiger partial charge >= 0.3 is 0 Å². The summed E-state index contributed by atoms with van der Waals surface area (Å²) in [5, 5.41) is 3.03. The predicted molar refractivity (Wildman–Crippen MR) is 83.7 cm³/mol. The van der Waals surface area contributed by atoms with Gasteiger partial charge in [0.25, 0.3) is 0 Å². The Morgan fingerprint density at radius 1 is 1.40 bits per heavy atom. The molecule has 0 rings (SSSR count). The standard InChI is InChI=1S/C15H33N3O2/c1-6-13(2)18(11-12-20-5)10-8-7-9-15(3,17-4)14(16)19/h13,17H,6-12H2,1-5H3,(H2,16,19). The lowest BCUT2D eigenvalue weighted by molar-refractivity contribution is -0.123.